The third kappa shape index (κ3) is 4.52. The lowest BCUT2D eigenvalue weighted by Crippen LogP contribution is -2.34. The van der Waals surface area contributed by atoms with Crippen molar-refractivity contribution in [3.63, 3.8) is 0 Å². The maximum atomic E-state index is 12.5. The zero-order valence-electron chi connectivity index (χ0n) is 15.9. The molecule has 0 atom stereocenters. The smallest absolute Gasteiger partial charge is 0.410 e. The fourth-order valence-electron chi connectivity index (χ4n) is 2.64. The van der Waals surface area contributed by atoms with Crippen molar-refractivity contribution in [1.82, 2.24) is 24.4 Å². The summed E-state index contributed by atoms with van der Waals surface area (Å²) in [7, 11) is 1.59. The summed E-state index contributed by atoms with van der Waals surface area (Å²) in [5.74, 6) is 0.353. The standard InChI is InChI=1S/C19H23N5O3/c1-19(2,3)27-18(26)23(4)11-14-21-16-15(17(25)22-14)24(12-20-16)10-13-8-6-5-7-9-13/h5-9,12H,10-11H2,1-4H3,(H,21,22,25). The quantitative estimate of drug-likeness (QED) is 0.763. The first-order valence-corrected chi connectivity index (χ1v) is 8.65. The minimum absolute atomic E-state index is 0.117. The summed E-state index contributed by atoms with van der Waals surface area (Å²) in [5.41, 5.74) is 0.933. The molecule has 1 aromatic carbocycles. The van der Waals surface area contributed by atoms with Gasteiger partial charge in [0.15, 0.2) is 11.2 Å². The molecular formula is C19H23N5O3. The molecule has 27 heavy (non-hydrogen) atoms. The molecule has 3 aromatic rings. The predicted octanol–water partition coefficient (Wildman–Crippen LogP) is 2.53. The monoisotopic (exact) mass is 369 g/mol. The second-order valence-electron chi connectivity index (χ2n) is 7.38. The first-order valence-electron chi connectivity index (χ1n) is 8.65. The van der Waals surface area contributed by atoms with E-state index in [0.717, 1.165) is 5.56 Å². The van der Waals surface area contributed by atoms with Crippen LogP contribution in [-0.2, 0) is 17.8 Å². The number of amides is 1. The maximum Gasteiger partial charge on any atom is 0.410 e. The van der Waals surface area contributed by atoms with Crippen molar-refractivity contribution < 1.29 is 9.53 Å². The van der Waals surface area contributed by atoms with Crippen LogP contribution in [0.1, 0.15) is 32.2 Å². The predicted molar refractivity (Wildman–Crippen MR) is 101 cm³/mol. The van der Waals surface area contributed by atoms with Crippen LogP contribution in [0, 0.1) is 0 Å². The van der Waals surface area contributed by atoms with Gasteiger partial charge in [-0.05, 0) is 26.3 Å². The van der Waals surface area contributed by atoms with Crippen molar-refractivity contribution in [2.75, 3.05) is 7.05 Å². The summed E-state index contributed by atoms with van der Waals surface area (Å²) in [6.07, 6.45) is 1.12. The molecule has 3 rings (SSSR count). The normalized spacial score (nSPS) is 11.6. The Labute approximate surface area is 156 Å². The molecule has 0 saturated carbocycles. The molecule has 0 radical (unpaired) electrons. The Balaban J connectivity index is 1.82. The van der Waals surface area contributed by atoms with Crippen molar-refractivity contribution in [3.05, 3.63) is 58.4 Å². The Morgan fingerprint density at radius 1 is 1.26 bits per heavy atom. The van der Waals surface area contributed by atoms with E-state index in [4.69, 9.17) is 4.74 Å². The number of hydrogen-bond donors (Lipinski definition) is 1. The van der Waals surface area contributed by atoms with Crippen molar-refractivity contribution in [1.29, 1.82) is 0 Å². The molecule has 0 spiro atoms. The number of H-pyrrole nitrogens is 1. The SMILES string of the molecule is CN(Cc1nc(=O)c2c(ncn2Cc2ccccc2)[nH]1)C(=O)OC(C)(C)C. The number of hydrogen-bond acceptors (Lipinski definition) is 5. The van der Waals surface area contributed by atoms with Gasteiger partial charge in [-0.2, -0.15) is 4.98 Å². The first-order chi connectivity index (χ1) is 12.7. The third-order valence-electron chi connectivity index (χ3n) is 3.83. The number of ether oxygens (including phenoxy) is 1. The Kier molecular flexibility index (Phi) is 4.98. The highest BCUT2D eigenvalue weighted by atomic mass is 16.6. The van der Waals surface area contributed by atoms with Crippen molar-refractivity contribution >= 4 is 17.3 Å². The number of benzene rings is 1. The third-order valence-corrected chi connectivity index (χ3v) is 3.83. The Morgan fingerprint density at radius 3 is 2.63 bits per heavy atom. The lowest BCUT2D eigenvalue weighted by molar-refractivity contribution is 0.0281. The van der Waals surface area contributed by atoms with Crippen LogP contribution in [-0.4, -0.2) is 43.2 Å². The molecule has 0 fully saturated rings. The van der Waals surface area contributed by atoms with Crippen molar-refractivity contribution in [2.24, 2.45) is 0 Å². The summed E-state index contributed by atoms with van der Waals surface area (Å²) >= 11 is 0. The molecule has 142 valence electrons. The number of rotatable bonds is 4. The summed E-state index contributed by atoms with van der Waals surface area (Å²) in [6.45, 7) is 6.03. The number of imidazole rings is 1. The van der Waals surface area contributed by atoms with Gasteiger partial charge in [-0.3, -0.25) is 4.79 Å². The van der Waals surface area contributed by atoms with Gasteiger partial charge in [-0.25, -0.2) is 9.78 Å². The summed E-state index contributed by atoms with van der Waals surface area (Å²) in [5, 5.41) is 0. The van der Waals surface area contributed by atoms with E-state index < -0.39 is 11.7 Å². The lowest BCUT2D eigenvalue weighted by atomic mass is 10.2. The maximum absolute atomic E-state index is 12.5. The van der Waals surface area contributed by atoms with E-state index in [9.17, 15) is 9.59 Å². The molecule has 0 unspecified atom stereocenters. The second-order valence-corrected chi connectivity index (χ2v) is 7.38. The van der Waals surface area contributed by atoms with E-state index in [1.807, 2.05) is 30.3 Å². The largest absolute Gasteiger partial charge is 0.444 e. The van der Waals surface area contributed by atoms with Crippen LogP contribution in [0.15, 0.2) is 41.5 Å². The van der Waals surface area contributed by atoms with E-state index >= 15 is 0 Å². The minimum Gasteiger partial charge on any atom is -0.444 e. The van der Waals surface area contributed by atoms with Gasteiger partial charge in [0.2, 0.25) is 0 Å². The average Bonchev–Trinajstić information content (AvgIpc) is 2.97. The number of aromatic amines is 1. The van der Waals surface area contributed by atoms with Gasteiger partial charge < -0.3 is 19.2 Å². The number of fused-ring (bicyclic) bond motifs is 1. The zero-order valence-corrected chi connectivity index (χ0v) is 15.9. The topological polar surface area (TPSA) is 93.1 Å². The van der Waals surface area contributed by atoms with E-state index in [0.29, 0.717) is 23.5 Å². The Hall–Kier alpha value is -3.16. The average molecular weight is 369 g/mol. The van der Waals surface area contributed by atoms with Gasteiger partial charge in [0, 0.05) is 13.6 Å². The van der Waals surface area contributed by atoms with E-state index in [1.54, 1.807) is 38.7 Å². The summed E-state index contributed by atoms with van der Waals surface area (Å²) < 4.78 is 7.07. The second kappa shape index (κ2) is 7.22. The highest BCUT2D eigenvalue weighted by Crippen LogP contribution is 2.12. The molecule has 8 heteroatoms. The number of nitrogens with zero attached hydrogens (tertiary/aromatic N) is 4. The van der Waals surface area contributed by atoms with Gasteiger partial charge in [0.25, 0.3) is 5.56 Å². The van der Waals surface area contributed by atoms with Crippen molar-refractivity contribution in [3.8, 4) is 0 Å². The van der Waals surface area contributed by atoms with Crippen LogP contribution in [0.2, 0.25) is 0 Å². The number of aromatic nitrogens is 4. The molecule has 1 amide bonds. The van der Waals surface area contributed by atoms with Crippen LogP contribution >= 0.6 is 0 Å². The number of nitrogens with one attached hydrogen (secondary N) is 1. The zero-order chi connectivity index (χ0) is 19.6. The molecule has 0 saturated heterocycles. The van der Waals surface area contributed by atoms with Gasteiger partial charge >= 0.3 is 6.09 Å². The van der Waals surface area contributed by atoms with Gasteiger partial charge in [-0.15, -0.1) is 0 Å². The van der Waals surface area contributed by atoms with Crippen LogP contribution < -0.4 is 5.56 Å². The van der Waals surface area contributed by atoms with Crippen LogP contribution in [0.3, 0.4) is 0 Å². The number of carbonyl (C=O) groups is 1. The van der Waals surface area contributed by atoms with Gasteiger partial charge in [-0.1, -0.05) is 30.3 Å². The molecule has 0 aliphatic carbocycles. The molecule has 2 heterocycles. The van der Waals surface area contributed by atoms with Gasteiger partial charge in [0.1, 0.15) is 11.4 Å². The molecule has 0 bridgehead atoms. The van der Waals surface area contributed by atoms with E-state index in [2.05, 4.69) is 15.0 Å². The Bertz CT molecular complexity index is 1000. The number of carbonyl (C=O) groups excluding carboxylic acids is 1. The van der Waals surface area contributed by atoms with E-state index in [-0.39, 0.29) is 12.1 Å². The molecular weight excluding hydrogens is 346 g/mol. The first kappa shape index (κ1) is 18.6. The highest BCUT2D eigenvalue weighted by Gasteiger charge is 2.21. The Morgan fingerprint density at radius 2 is 1.96 bits per heavy atom. The molecule has 2 aromatic heterocycles. The van der Waals surface area contributed by atoms with Gasteiger partial charge in [0.05, 0.1) is 12.9 Å². The highest BCUT2D eigenvalue weighted by molar-refractivity contribution is 5.70. The minimum atomic E-state index is -0.591. The summed E-state index contributed by atoms with van der Waals surface area (Å²) in [4.78, 5) is 37.3. The van der Waals surface area contributed by atoms with Crippen LogP contribution in [0.4, 0.5) is 4.79 Å². The lowest BCUT2D eigenvalue weighted by Gasteiger charge is -2.24. The molecule has 0 aliphatic heterocycles. The van der Waals surface area contributed by atoms with Crippen molar-refractivity contribution in [2.45, 2.75) is 39.5 Å². The van der Waals surface area contributed by atoms with E-state index in [1.165, 1.54) is 4.90 Å². The molecule has 0 aliphatic rings. The van der Waals surface area contributed by atoms with Crippen LogP contribution in [0.25, 0.3) is 11.2 Å². The molecule has 1 N–H and O–H groups in total. The summed E-state index contributed by atoms with van der Waals surface area (Å²) in [6, 6.07) is 9.80. The fraction of sp³-hybridized carbons (Fsp3) is 0.368. The molecule has 8 nitrogen and oxygen atoms in total. The van der Waals surface area contributed by atoms with Crippen LogP contribution in [0.5, 0.6) is 0 Å². The fourth-order valence-corrected chi connectivity index (χ4v) is 2.64.